The fraction of sp³-hybridized carbons (Fsp3) is 0.333. The zero-order chi connectivity index (χ0) is 30.1. The number of fused-ring (bicyclic) bond motifs is 2. The third-order valence-electron chi connectivity index (χ3n) is 7.72. The van der Waals surface area contributed by atoms with Crippen LogP contribution in [0.15, 0.2) is 48.5 Å². The van der Waals surface area contributed by atoms with Gasteiger partial charge in [-0.05, 0) is 47.5 Å². The van der Waals surface area contributed by atoms with Crippen molar-refractivity contribution in [1.82, 2.24) is 0 Å². The second kappa shape index (κ2) is 11.5. The molecule has 0 saturated carbocycles. The molecule has 0 radical (unpaired) electrons. The van der Waals surface area contributed by atoms with Gasteiger partial charge in [0.15, 0.2) is 23.0 Å². The van der Waals surface area contributed by atoms with E-state index in [1.165, 1.54) is 59.8 Å². The number of esters is 2. The first kappa shape index (κ1) is 28.5. The van der Waals surface area contributed by atoms with Crippen LogP contribution in [0.25, 0.3) is 0 Å². The van der Waals surface area contributed by atoms with Crippen molar-refractivity contribution in [3.63, 3.8) is 0 Å². The van der Waals surface area contributed by atoms with Gasteiger partial charge >= 0.3 is 11.9 Å². The number of non-ortho nitro benzene ring substituents is 1. The molecule has 220 valence electrons. The van der Waals surface area contributed by atoms with Gasteiger partial charge in [-0.3, -0.25) is 14.9 Å². The molecule has 5 rings (SSSR count). The highest BCUT2D eigenvalue weighted by molar-refractivity contribution is 5.90. The number of nitro groups is 1. The Morgan fingerprint density at radius 3 is 1.93 bits per heavy atom. The number of ether oxygens (including phenoxy) is 7. The second-order valence-corrected chi connectivity index (χ2v) is 9.72. The number of carbonyl (C=O) groups is 2. The summed E-state index contributed by atoms with van der Waals surface area (Å²) in [6.45, 7) is 0.0103. The van der Waals surface area contributed by atoms with Crippen LogP contribution in [-0.4, -0.2) is 59.0 Å². The van der Waals surface area contributed by atoms with Gasteiger partial charge in [-0.2, -0.15) is 0 Å². The van der Waals surface area contributed by atoms with Gasteiger partial charge in [-0.1, -0.05) is 0 Å². The zero-order valence-electron chi connectivity index (χ0n) is 23.6. The fourth-order valence-electron chi connectivity index (χ4n) is 5.78. The number of nitro benzene ring substituents is 1. The quantitative estimate of drug-likeness (QED) is 0.201. The first-order chi connectivity index (χ1) is 20.3. The minimum atomic E-state index is -0.905. The summed E-state index contributed by atoms with van der Waals surface area (Å²) < 4.78 is 39.4. The lowest BCUT2D eigenvalue weighted by Crippen LogP contribution is -2.36. The van der Waals surface area contributed by atoms with Gasteiger partial charge in [0.25, 0.3) is 5.69 Å². The Labute approximate surface area is 241 Å². The van der Waals surface area contributed by atoms with E-state index >= 15 is 0 Å². The number of rotatable bonds is 9. The molecule has 1 heterocycles. The lowest BCUT2D eigenvalue weighted by molar-refractivity contribution is -0.384. The van der Waals surface area contributed by atoms with Crippen molar-refractivity contribution >= 4 is 17.6 Å². The topological polar surface area (TPSA) is 142 Å². The molecule has 1 aliphatic heterocycles. The first-order valence-electron chi connectivity index (χ1n) is 12.9. The third-order valence-corrected chi connectivity index (χ3v) is 7.72. The summed E-state index contributed by atoms with van der Waals surface area (Å²) in [5.74, 6) is -1.00. The van der Waals surface area contributed by atoms with Gasteiger partial charge < -0.3 is 33.2 Å². The lowest BCUT2D eigenvalue weighted by Gasteiger charge is -2.39. The molecule has 4 atom stereocenters. The molecule has 0 unspecified atom stereocenters. The summed E-state index contributed by atoms with van der Waals surface area (Å²) in [7, 11) is 7.50. The van der Waals surface area contributed by atoms with Crippen LogP contribution in [0.5, 0.6) is 28.7 Å². The van der Waals surface area contributed by atoms with E-state index in [0.29, 0.717) is 45.4 Å². The van der Waals surface area contributed by atoms with Crippen LogP contribution < -0.4 is 23.7 Å². The molecule has 0 spiro atoms. The maximum Gasteiger partial charge on any atom is 0.338 e. The molecule has 3 aromatic rings. The van der Waals surface area contributed by atoms with Crippen molar-refractivity contribution in [1.29, 1.82) is 0 Å². The summed E-state index contributed by atoms with van der Waals surface area (Å²) in [6, 6.07) is 12.1. The Morgan fingerprint density at radius 1 is 0.833 bits per heavy atom. The monoisotopic (exact) mass is 579 g/mol. The largest absolute Gasteiger partial charge is 0.493 e. The number of cyclic esters (lactones) is 1. The fourth-order valence-corrected chi connectivity index (χ4v) is 5.78. The molecule has 3 aromatic carbocycles. The molecular formula is C30H29NO11. The normalized spacial score (nSPS) is 20.5. The first-order valence-corrected chi connectivity index (χ1v) is 12.9. The van der Waals surface area contributed by atoms with E-state index in [4.69, 9.17) is 33.2 Å². The molecule has 1 fully saturated rings. The van der Waals surface area contributed by atoms with Crippen molar-refractivity contribution in [2.45, 2.75) is 12.0 Å². The minimum absolute atomic E-state index is 0.0103. The average Bonchev–Trinajstić information content (AvgIpc) is 3.40. The van der Waals surface area contributed by atoms with E-state index < -0.39 is 40.7 Å². The Hall–Kier alpha value is -5.00. The average molecular weight is 580 g/mol. The maximum absolute atomic E-state index is 13.3. The van der Waals surface area contributed by atoms with Crippen LogP contribution in [-0.2, 0) is 14.3 Å². The lowest BCUT2D eigenvalue weighted by atomic mass is 9.66. The zero-order valence-corrected chi connectivity index (χ0v) is 23.6. The maximum atomic E-state index is 13.3. The van der Waals surface area contributed by atoms with E-state index in [2.05, 4.69) is 0 Å². The van der Waals surface area contributed by atoms with Crippen molar-refractivity contribution in [2.24, 2.45) is 11.8 Å². The molecular weight excluding hydrogens is 550 g/mol. The van der Waals surface area contributed by atoms with Gasteiger partial charge in [0.2, 0.25) is 5.75 Å². The molecule has 1 saturated heterocycles. The smallest absolute Gasteiger partial charge is 0.338 e. The van der Waals surface area contributed by atoms with Crippen molar-refractivity contribution in [2.75, 3.05) is 42.2 Å². The molecule has 0 bridgehead atoms. The number of nitrogens with zero attached hydrogens (tertiary/aromatic N) is 1. The van der Waals surface area contributed by atoms with Gasteiger partial charge in [0.05, 0.1) is 58.6 Å². The Kier molecular flexibility index (Phi) is 7.79. The van der Waals surface area contributed by atoms with Crippen LogP contribution in [0.2, 0.25) is 0 Å². The van der Waals surface area contributed by atoms with Crippen molar-refractivity contribution < 1.29 is 47.7 Å². The molecule has 0 aromatic heterocycles. The molecule has 1 aliphatic carbocycles. The van der Waals surface area contributed by atoms with Crippen LogP contribution in [0, 0.1) is 22.0 Å². The minimum Gasteiger partial charge on any atom is -0.493 e. The molecule has 42 heavy (non-hydrogen) atoms. The Bertz CT molecular complexity index is 1510. The number of hydrogen-bond acceptors (Lipinski definition) is 11. The highest BCUT2D eigenvalue weighted by Gasteiger charge is 2.54. The number of carbonyl (C=O) groups excluding carboxylic acids is 2. The van der Waals surface area contributed by atoms with Crippen LogP contribution >= 0.6 is 0 Å². The second-order valence-electron chi connectivity index (χ2n) is 9.72. The summed E-state index contributed by atoms with van der Waals surface area (Å²) in [6.07, 6.45) is -0.905. The molecule has 2 aliphatic rings. The predicted molar refractivity (Wildman–Crippen MR) is 147 cm³/mol. The molecule has 12 heteroatoms. The van der Waals surface area contributed by atoms with E-state index in [-0.39, 0.29) is 17.9 Å². The molecule has 0 amide bonds. The number of methoxy groups -OCH3 is 5. The van der Waals surface area contributed by atoms with E-state index in [9.17, 15) is 19.7 Å². The molecule has 0 N–H and O–H groups in total. The van der Waals surface area contributed by atoms with Crippen molar-refractivity contribution in [3.8, 4) is 28.7 Å². The summed E-state index contributed by atoms with van der Waals surface area (Å²) in [4.78, 5) is 37.2. The summed E-state index contributed by atoms with van der Waals surface area (Å²) in [5, 5.41) is 11.1. The third kappa shape index (κ3) is 4.78. The Balaban J connectivity index is 1.67. The van der Waals surface area contributed by atoms with Gasteiger partial charge in [-0.15, -0.1) is 0 Å². The van der Waals surface area contributed by atoms with Crippen LogP contribution in [0.4, 0.5) is 5.69 Å². The summed E-state index contributed by atoms with van der Waals surface area (Å²) in [5.41, 5.74) is 1.90. The predicted octanol–water partition coefficient (Wildman–Crippen LogP) is 4.47. The SMILES string of the molecule is COc1cc2c(cc1OC)[C@H](OC(=O)c1ccc([N+](=O)[O-])cc1)[C@H]1COC(=O)[C@@H]1[C@@H]2c1cc(OC)c(OC)c(OC)c1. The highest BCUT2D eigenvalue weighted by Crippen LogP contribution is 2.56. The van der Waals surface area contributed by atoms with Gasteiger partial charge in [0.1, 0.15) is 6.10 Å². The number of benzene rings is 3. The van der Waals surface area contributed by atoms with Crippen molar-refractivity contribution in [3.05, 3.63) is 80.9 Å². The molecule has 12 nitrogen and oxygen atoms in total. The van der Waals surface area contributed by atoms with Gasteiger partial charge in [0, 0.05) is 29.5 Å². The van der Waals surface area contributed by atoms with E-state index in [1.807, 2.05) is 0 Å². The van der Waals surface area contributed by atoms with E-state index in [0.717, 1.165) is 0 Å². The van der Waals surface area contributed by atoms with Crippen LogP contribution in [0.1, 0.15) is 39.1 Å². The standard InChI is InChI=1S/C30H29NO11/c1-36-21-12-18-19(13-22(21)37-2)27(42-29(32)15-6-8-17(9-7-15)31(34)35)20-14-41-30(33)26(20)25(18)16-10-23(38-3)28(40-5)24(11-16)39-4/h6-13,20,25-27H,14H2,1-5H3/t20-,25+,26-,27-/m0/s1. The highest BCUT2D eigenvalue weighted by atomic mass is 16.6. The van der Waals surface area contributed by atoms with Gasteiger partial charge in [-0.25, -0.2) is 4.79 Å². The van der Waals surface area contributed by atoms with E-state index in [1.54, 1.807) is 24.3 Å². The number of hydrogen-bond donors (Lipinski definition) is 0. The van der Waals surface area contributed by atoms with Crippen LogP contribution in [0.3, 0.4) is 0 Å². The Morgan fingerprint density at radius 2 is 1.40 bits per heavy atom. The summed E-state index contributed by atoms with van der Waals surface area (Å²) >= 11 is 0.